The molecule has 0 unspecified atom stereocenters. The number of aromatic nitrogens is 1. The van der Waals surface area contributed by atoms with Crippen molar-refractivity contribution in [3.05, 3.63) is 17.0 Å². The van der Waals surface area contributed by atoms with E-state index in [-0.39, 0.29) is 0 Å². The molecular weight excluding hydrogens is 294 g/mol. The third kappa shape index (κ3) is 4.12. The van der Waals surface area contributed by atoms with Crippen molar-refractivity contribution in [2.45, 2.75) is 39.7 Å². The van der Waals surface area contributed by atoms with Gasteiger partial charge in [0, 0.05) is 31.6 Å². The van der Waals surface area contributed by atoms with Crippen molar-refractivity contribution < 1.29 is 14.1 Å². The minimum absolute atomic E-state index is 0.303. The number of nitrogens with zero attached hydrogens (tertiary/aromatic N) is 3. The summed E-state index contributed by atoms with van der Waals surface area (Å²) in [6.45, 7) is 9.85. The van der Waals surface area contributed by atoms with Crippen LogP contribution < -0.4 is 0 Å². The standard InChI is InChI=1S/C17H27N3O3/c1-13-16(14(2)23-18-13)12-19-5-3-15(4-6-19)11-17(21)20-7-9-22-10-8-20/h15H,3-12H2,1-2H3. The van der Waals surface area contributed by atoms with E-state index in [0.29, 0.717) is 31.5 Å². The Balaban J connectivity index is 1.44. The molecule has 1 aromatic rings. The fourth-order valence-electron chi connectivity index (χ4n) is 3.49. The Morgan fingerprint density at radius 1 is 1.17 bits per heavy atom. The van der Waals surface area contributed by atoms with Crippen LogP contribution in [-0.4, -0.2) is 60.3 Å². The fourth-order valence-corrected chi connectivity index (χ4v) is 3.49. The first-order valence-electron chi connectivity index (χ1n) is 8.63. The SMILES string of the molecule is Cc1noc(C)c1CN1CCC(CC(=O)N2CCOCC2)CC1. The van der Waals surface area contributed by atoms with Crippen molar-refractivity contribution >= 4 is 5.91 Å². The van der Waals surface area contributed by atoms with Gasteiger partial charge < -0.3 is 14.2 Å². The van der Waals surface area contributed by atoms with E-state index in [1.165, 1.54) is 5.56 Å². The smallest absolute Gasteiger partial charge is 0.223 e. The Kier molecular flexibility index (Phi) is 5.33. The lowest BCUT2D eigenvalue weighted by atomic mass is 9.92. The van der Waals surface area contributed by atoms with E-state index in [2.05, 4.69) is 10.1 Å². The quantitative estimate of drug-likeness (QED) is 0.845. The van der Waals surface area contributed by atoms with Crippen LogP contribution in [0.2, 0.25) is 0 Å². The Labute approximate surface area is 137 Å². The van der Waals surface area contributed by atoms with Gasteiger partial charge in [0.2, 0.25) is 5.91 Å². The van der Waals surface area contributed by atoms with E-state index in [0.717, 1.165) is 57.0 Å². The first-order chi connectivity index (χ1) is 11.1. The molecule has 1 aromatic heterocycles. The second-order valence-electron chi connectivity index (χ2n) is 6.72. The number of hydrogen-bond acceptors (Lipinski definition) is 5. The first-order valence-corrected chi connectivity index (χ1v) is 8.63. The molecule has 0 atom stereocenters. The zero-order valence-corrected chi connectivity index (χ0v) is 14.2. The third-order valence-electron chi connectivity index (χ3n) is 5.10. The van der Waals surface area contributed by atoms with E-state index in [1.54, 1.807) is 0 Å². The molecule has 3 heterocycles. The third-order valence-corrected chi connectivity index (χ3v) is 5.10. The number of ether oxygens (including phenoxy) is 1. The van der Waals surface area contributed by atoms with Crippen LogP contribution in [0, 0.1) is 19.8 Å². The normalized spacial score (nSPS) is 20.9. The molecule has 1 amide bonds. The summed E-state index contributed by atoms with van der Waals surface area (Å²) in [5.74, 6) is 1.75. The van der Waals surface area contributed by atoms with Gasteiger partial charge in [-0.15, -0.1) is 0 Å². The van der Waals surface area contributed by atoms with Crippen LogP contribution in [-0.2, 0) is 16.1 Å². The van der Waals surface area contributed by atoms with E-state index in [9.17, 15) is 4.79 Å². The van der Waals surface area contributed by atoms with Gasteiger partial charge >= 0.3 is 0 Å². The molecule has 2 saturated heterocycles. The van der Waals surface area contributed by atoms with Crippen molar-refractivity contribution in [1.82, 2.24) is 15.0 Å². The first kappa shape index (κ1) is 16.5. The highest BCUT2D eigenvalue weighted by Gasteiger charge is 2.25. The molecule has 0 N–H and O–H groups in total. The maximum Gasteiger partial charge on any atom is 0.223 e. The zero-order chi connectivity index (χ0) is 16.2. The van der Waals surface area contributed by atoms with Gasteiger partial charge in [-0.1, -0.05) is 5.16 Å². The average Bonchev–Trinajstić information content (AvgIpc) is 2.89. The predicted molar refractivity (Wildman–Crippen MR) is 86.0 cm³/mol. The summed E-state index contributed by atoms with van der Waals surface area (Å²) >= 11 is 0. The lowest BCUT2D eigenvalue weighted by molar-refractivity contribution is -0.136. The monoisotopic (exact) mass is 321 g/mol. The summed E-state index contributed by atoms with van der Waals surface area (Å²) in [6.07, 6.45) is 2.89. The molecule has 6 nitrogen and oxygen atoms in total. The molecule has 2 fully saturated rings. The minimum atomic E-state index is 0.303. The van der Waals surface area contributed by atoms with Crippen LogP contribution in [0.5, 0.6) is 0 Å². The second-order valence-corrected chi connectivity index (χ2v) is 6.72. The number of rotatable bonds is 4. The topological polar surface area (TPSA) is 58.8 Å². The molecule has 2 aliphatic rings. The largest absolute Gasteiger partial charge is 0.378 e. The predicted octanol–water partition coefficient (Wildman–Crippen LogP) is 1.75. The van der Waals surface area contributed by atoms with E-state index in [1.807, 2.05) is 18.7 Å². The minimum Gasteiger partial charge on any atom is -0.378 e. The molecule has 0 aromatic carbocycles. The lowest BCUT2D eigenvalue weighted by Gasteiger charge is -2.33. The summed E-state index contributed by atoms with van der Waals surface area (Å²) in [5.41, 5.74) is 2.21. The summed E-state index contributed by atoms with van der Waals surface area (Å²) < 4.78 is 10.6. The fraction of sp³-hybridized carbons (Fsp3) is 0.765. The summed E-state index contributed by atoms with van der Waals surface area (Å²) in [6, 6.07) is 0. The number of carbonyl (C=O) groups excluding carboxylic acids is 1. The molecule has 3 rings (SSSR count). The van der Waals surface area contributed by atoms with Crippen molar-refractivity contribution in [2.24, 2.45) is 5.92 Å². The van der Waals surface area contributed by atoms with E-state index >= 15 is 0 Å². The summed E-state index contributed by atoms with van der Waals surface area (Å²) in [5, 5.41) is 4.03. The zero-order valence-electron chi connectivity index (χ0n) is 14.2. The van der Waals surface area contributed by atoms with Crippen LogP contribution in [0.3, 0.4) is 0 Å². The number of amides is 1. The number of piperidine rings is 1. The van der Waals surface area contributed by atoms with Crippen LogP contribution in [0.4, 0.5) is 0 Å². The van der Waals surface area contributed by atoms with Gasteiger partial charge in [-0.3, -0.25) is 9.69 Å². The Hall–Kier alpha value is -1.40. The van der Waals surface area contributed by atoms with Gasteiger partial charge in [0.15, 0.2) is 0 Å². The lowest BCUT2D eigenvalue weighted by Crippen LogP contribution is -2.42. The molecule has 0 radical (unpaired) electrons. The van der Waals surface area contributed by atoms with Gasteiger partial charge in [0.1, 0.15) is 5.76 Å². The molecule has 0 bridgehead atoms. The number of likely N-dealkylation sites (tertiary alicyclic amines) is 1. The van der Waals surface area contributed by atoms with Crippen molar-refractivity contribution in [3.63, 3.8) is 0 Å². The Bertz CT molecular complexity index is 510. The number of aryl methyl sites for hydroxylation is 2. The molecular formula is C17H27N3O3. The molecule has 0 saturated carbocycles. The van der Waals surface area contributed by atoms with Crippen molar-refractivity contribution in [1.29, 1.82) is 0 Å². The Morgan fingerprint density at radius 3 is 2.48 bits per heavy atom. The van der Waals surface area contributed by atoms with Gasteiger partial charge in [-0.05, 0) is 45.7 Å². The molecule has 0 aliphatic carbocycles. The van der Waals surface area contributed by atoms with Gasteiger partial charge in [-0.2, -0.15) is 0 Å². The summed E-state index contributed by atoms with van der Waals surface area (Å²) in [4.78, 5) is 16.7. The van der Waals surface area contributed by atoms with E-state index in [4.69, 9.17) is 9.26 Å². The van der Waals surface area contributed by atoms with Crippen LogP contribution in [0.1, 0.15) is 36.3 Å². The summed E-state index contributed by atoms with van der Waals surface area (Å²) in [7, 11) is 0. The van der Waals surface area contributed by atoms with Gasteiger partial charge in [0.25, 0.3) is 0 Å². The van der Waals surface area contributed by atoms with Crippen LogP contribution >= 0.6 is 0 Å². The van der Waals surface area contributed by atoms with Crippen LogP contribution in [0.25, 0.3) is 0 Å². The molecule has 0 spiro atoms. The number of morpholine rings is 1. The second kappa shape index (κ2) is 7.45. The highest BCUT2D eigenvalue weighted by molar-refractivity contribution is 5.76. The molecule has 23 heavy (non-hydrogen) atoms. The van der Waals surface area contributed by atoms with Gasteiger partial charge in [0.05, 0.1) is 18.9 Å². The van der Waals surface area contributed by atoms with Crippen molar-refractivity contribution in [2.75, 3.05) is 39.4 Å². The van der Waals surface area contributed by atoms with E-state index < -0.39 is 0 Å². The highest BCUT2D eigenvalue weighted by Crippen LogP contribution is 2.24. The molecule has 128 valence electrons. The number of carbonyl (C=O) groups is 1. The maximum atomic E-state index is 12.3. The maximum absolute atomic E-state index is 12.3. The number of hydrogen-bond donors (Lipinski definition) is 0. The molecule has 6 heteroatoms. The Morgan fingerprint density at radius 2 is 1.87 bits per heavy atom. The van der Waals surface area contributed by atoms with Crippen molar-refractivity contribution in [3.8, 4) is 0 Å². The average molecular weight is 321 g/mol. The highest BCUT2D eigenvalue weighted by atomic mass is 16.5. The van der Waals surface area contributed by atoms with Crippen LogP contribution in [0.15, 0.2) is 4.52 Å². The van der Waals surface area contributed by atoms with Gasteiger partial charge in [-0.25, -0.2) is 0 Å². The molecule has 2 aliphatic heterocycles.